The number of aliphatic hydroxyl groups is 1. The first-order valence-electron chi connectivity index (χ1n) is 10.1. The molecule has 26 heavy (non-hydrogen) atoms. The van der Waals surface area contributed by atoms with Gasteiger partial charge in [0, 0.05) is 30.7 Å². The van der Waals surface area contributed by atoms with Crippen molar-refractivity contribution >= 4 is 29.1 Å². The van der Waals surface area contributed by atoms with Crippen LogP contribution in [0.4, 0.5) is 0 Å². The van der Waals surface area contributed by atoms with E-state index in [1.54, 1.807) is 0 Å². The van der Waals surface area contributed by atoms with E-state index < -0.39 is 6.61 Å². The van der Waals surface area contributed by atoms with Crippen LogP contribution in [0.15, 0.2) is 0 Å². The maximum atomic E-state index is 12.2. The quantitative estimate of drug-likeness (QED) is 0.685. The van der Waals surface area contributed by atoms with E-state index in [1.165, 1.54) is 12.8 Å². The van der Waals surface area contributed by atoms with Crippen molar-refractivity contribution in [3.63, 3.8) is 0 Å². The predicted octanol–water partition coefficient (Wildman–Crippen LogP) is 1.50. The molecule has 3 saturated heterocycles. The highest BCUT2D eigenvalue weighted by atomic mass is 35.5. The van der Waals surface area contributed by atoms with Crippen molar-refractivity contribution < 1.29 is 9.90 Å². The number of hydrogen-bond acceptors (Lipinski definition) is 4. The fourth-order valence-corrected chi connectivity index (χ4v) is 7.11. The van der Waals surface area contributed by atoms with Crippen LogP contribution in [0.5, 0.6) is 0 Å². The fraction of sp³-hybridized carbons (Fsp3) is 0.947. The molecular formula is C19H31Cl2N3O2. The minimum atomic E-state index is -0.403. The molecule has 4 rings (SSSR count). The van der Waals surface area contributed by atoms with Crippen molar-refractivity contribution in [2.45, 2.75) is 67.5 Å². The Balaban J connectivity index is 1.62. The highest BCUT2D eigenvalue weighted by molar-refractivity contribution is 6.30. The molecule has 1 saturated carbocycles. The maximum Gasteiger partial charge on any atom is 0.248 e. The molecule has 0 aromatic heterocycles. The van der Waals surface area contributed by atoms with Crippen LogP contribution in [-0.2, 0) is 4.79 Å². The third kappa shape index (κ3) is 3.08. The smallest absolute Gasteiger partial charge is 0.248 e. The van der Waals surface area contributed by atoms with E-state index in [4.69, 9.17) is 23.2 Å². The number of fused-ring (bicyclic) bond motifs is 3. The molecule has 1 amide bonds. The number of amides is 1. The fourth-order valence-electron chi connectivity index (χ4n) is 6.40. The summed E-state index contributed by atoms with van der Waals surface area (Å²) >= 11 is 13.5. The summed E-state index contributed by atoms with van der Waals surface area (Å²) in [4.78, 5) is 16.6. The molecule has 0 spiro atoms. The third-order valence-corrected chi connectivity index (χ3v) is 8.73. The molecule has 7 heteroatoms. The Morgan fingerprint density at radius 1 is 1.27 bits per heavy atom. The third-order valence-electron chi connectivity index (χ3n) is 7.57. The lowest BCUT2D eigenvalue weighted by Crippen LogP contribution is -2.55. The summed E-state index contributed by atoms with van der Waals surface area (Å²) in [5.74, 6) is 1.22. The van der Waals surface area contributed by atoms with E-state index >= 15 is 0 Å². The molecule has 3 heterocycles. The molecule has 3 aliphatic heterocycles. The first kappa shape index (κ1) is 19.3. The van der Waals surface area contributed by atoms with Gasteiger partial charge in [0.25, 0.3) is 0 Å². The van der Waals surface area contributed by atoms with Gasteiger partial charge in [0.05, 0.1) is 10.8 Å². The van der Waals surface area contributed by atoms with Crippen LogP contribution >= 0.6 is 23.2 Å². The Morgan fingerprint density at radius 3 is 2.69 bits per heavy atom. The van der Waals surface area contributed by atoms with Crippen LogP contribution in [0.2, 0.25) is 0 Å². The molecule has 0 aromatic rings. The second kappa shape index (κ2) is 7.40. The summed E-state index contributed by atoms with van der Waals surface area (Å²) in [6.45, 7) is 3.56. The SMILES string of the molecule is C[C@@H]1CC2NC3C(Cl)C(Cl)CC(C4CCCN4C)C3C2CN1C(=O)CO. The maximum absolute atomic E-state index is 12.2. The summed E-state index contributed by atoms with van der Waals surface area (Å²) < 4.78 is 0. The zero-order valence-corrected chi connectivity index (χ0v) is 17.2. The van der Waals surface area contributed by atoms with Gasteiger partial charge >= 0.3 is 0 Å². The Kier molecular flexibility index (Phi) is 5.48. The van der Waals surface area contributed by atoms with Gasteiger partial charge in [-0.05, 0) is 64.0 Å². The second-order valence-corrected chi connectivity index (χ2v) is 9.94. The number of hydrogen-bond donors (Lipinski definition) is 2. The van der Waals surface area contributed by atoms with Crippen LogP contribution in [0.25, 0.3) is 0 Å². The van der Waals surface area contributed by atoms with Crippen LogP contribution in [0.1, 0.15) is 32.6 Å². The molecule has 8 unspecified atom stereocenters. The number of aliphatic hydroxyl groups excluding tert-OH is 1. The van der Waals surface area contributed by atoms with Gasteiger partial charge < -0.3 is 20.2 Å². The van der Waals surface area contributed by atoms with Gasteiger partial charge in [0.1, 0.15) is 6.61 Å². The van der Waals surface area contributed by atoms with Gasteiger partial charge in [0.2, 0.25) is 5.91 Å². The number of halogens is 2. The van der Waals surface area contributed by atoms with Crippen LogP contribution in [0, 0.1) is 17.8 Å². The summed E-state index contributed by atoms with van der Waals surface area (Å²) in [5, 5.41) is 13.1. The minimum absolute atomic E-state index is 0.00262. The Morgan fingerprint density at radius 2 is 2.04 bits per heavy atom. The van der Waals surface area contributed by atoms with Crippen LogP contribution in [0.3, 0.4) is 0 Å². The zero-order chi connectivity index (χ0) is 18.6. The lowest BCUT2D eigenvalue weighted by molar-refractivity contribution is -0.139. The average molecular weight is 404 g/mol. The van der Waals surface area contributed by atoms with Gasteiger partial charge in [0.15, 0.2) is 0 Å². The standard InChI is InChI=1S/C19H31Cl2N3O2/c1-10-6-14-12(8-24(10)16(26)9-25)17-11(15-4-3-5-23(15)2)7-13(20)18(21)19(17)22-14/h10-15,17-19,22,25H,3-9H2,1-2H3/t10-,11?,12?,13?,14?,15?,17?,18?,19?/m1/s1. The van der Waals surface area contributed by atoms with E-state index in [2.05, 4.69) is 24.2 Å². The number of carbonyl (C=O) groups is 1. The van der Waals surface area contributed by atoms with E-state index in [0.717, 1.165) is 25.9 Å². The van der Waals surface area contributed by atoms with Crippen molar-refractivity contribution in [1.82, 2.24) is 15.1 Å². The van der Waals surface area contributed by atoms with Gasteiger partial charge in [-0.3, -0.25) is 4.79 Å². The number of likely N-dealkylation sites (tertiary alicyclic amines) is 2. The van der Waals surface area contributed by atoms with Crippen molar-refractivity contribution in [2.75, 3.05) is 26.7 Å². The van der Waals surface area contributed by atoms with Crippen molar-refractivity contribution in [1.29, 1.82) is 0 Å². The lowest BCUT2D eigenvalue weighted by Gasteiger charge is -2.47. The summed E-state index contributed by atoms with van der Waals surface area (Å²) in [7, 11) is 2.23. The largest absolute Gasteiger partial charge is 0.387 e. The van der Waals surface area contributed by atoms with E-state index in [-0.39, 0.29) is 28.7 Å². The highest BCUT2D eigenvalue weighted by Crippen LogP contribution is 2.50. The molecule has 0 bridgehead atoms. The first-order valence-corrected chi connectivity index (χ1v) is 10.9. The lowest BCUT2D eigenvalue weighted by atomic mass is 9.66. The molecule has 9 atom stereocenters. The van der Waals surface area contributed by atoms with Crippen molar-refractivity contribution in [3.8, 4) is 0 Å². The molecule has 2 N–H and O–H groups in total. The van der Waals surface area contributed by atoms with Gasteiger partial charge in [-0.1, -0.05) is 0 Å². The van der Waals surface area contributed by atoms with E-state index in [1.807, 2.05) is 4.90 Å². The van der Waals surface area contributed by atoms with Crippen LogP contribution in [-0.4, -0.2) is 82.5 Å². The normalized spacial score (nSPS) is 49.1. The molecule has 4 fully saturated rings. The number of nitrogens with zero attached hydrogens (tertiary/aromatic N) is 2. The second-order valence-electron chi connectivity index (χ2n) is 8.88. The van der Waals surface area contributed by atoms with Gasteiger partial charge in [-0.15, -0.1) is 23.2 Å². The zero-order valence-electron chi connectivity index (χ0n) is 15.7. The Hall–Kier alpha value is -0.0700. The highest BCUT2D eigenvalue weighted by Gasteiger charge is 2.57. The molecular weight excluding hydrogens is 373 g/mol. The summed E-state index contributed by atoms with van der Waals surface area (Å²) in [5.41, 5.74) is 0. The molecule has 0 radical (unpaired) electrons. The molecule has 148 valence electrons. The van der Waals surface area contributed by atoms with Crippen molar-refractivity contribution in [3.05, 3.63) is 0 Å². The van der Waals surface area contributed by atoms with Gasteiger partial charge in [-0.25, -0.2) is 0 Å². The topological polar surface area (TPSA) is 55.8 Å². The van der Waals surface area contributed by atoms with Crippen molar-refractivity contribution in [2.24, 2.45) is 17.8 Å². The van der Waals surface area contributed by atoms with Crippen LogP contribution < -0.4 is 5.32 Å². The predicted molar refractivity (Wildman–Crippen MR) is 104 cm³/mol. The Bertz CT molecular complexity index is 551. The number of carbonyl (C=O) groups excluding carboxylic acids is 1. The van der Waals surface area contributed by atoms with Gasteiger partial charge in [-0.2, -0.15) is 0 Å². The number of alkyl halides is 2. The average Bonchev–Trinajstić information content (AvgIpc) is 3.20. The summed E-state index contributed by atoms with van der Waals surface area (Å²) in [6.07, 6.45) is 4.36. The molecule has 5 nitrogen and oxygen atoms in total. The summed E-state index contributed by atoms with van der Waals surface area (Å²) in [6, 6.07) is 1.32. The molecule has 4 aliphatic rings. The number of rotatable bonds is 2. The molecule has 1 aliphatic carbocycles. The number of piperidine rings is 1. The number of nitrogens with one attached hydrogen (secondary N) is 1. The molecule has 0 aromatic carbocycles. The Labute approximate surface area is 166 Å². The minimum Gasteiger partial charge on any atom is -0.387 e. The first-order chi connectivity index (χ1) is 12.4. The van der Waals surface area contributed by atoms with E-state index in [9.17, 15) is 9.90 Å². The van der Waals surface area contributed by atoms with E-state index in [0.29, 0.717) is 29.8 Å². The monoisotopic (exact) mass is 403 g/mol.